The van der Waals surface area contributed by atoms with Gasteiger partial charge in [-0.25, -0.2) is 12.7 Å². The van der Waals surface area contributed by atoms with Crippen LogP contribution in [0.25, 0.3) is 10.9 Å². The van der Waals surface area contributed by atoms with Gasteiger partial charge in [-0.05, 0) is 36.2 Å². The monoisotopic (exact) mass is 437 g/mol. The first-order valence-electron chi connectivity index (χ1n) is 7.75. The van der Waals surface area contributed by atoms with E-state index in [-0.39, 0.29) is 10.6 Å². The number of non-ortho nitro benzene ring substituents is 1. The van der Waals surface area contributed by atoms with E-state index in [9.17, 15) is 18.5 Å². The Bertz CT molecular complexity index is 1060. The lowest BCUT2D eigenvalue weighted by Crippen LogP contribution is -2.29. The third-order valence-electron chi connectivity index (χ3n) is 4.18. The lowest BCUT2D eigenvalue weighted by atomic mass is 10.1. The number of nitrogens with zero attached hydrogens (tertiary/aromatic N) is 2. The van der Waals surface area contributed by atoms with Crippen molar-refractivity contribution in [1.82, 2.24) is 9.29 Å². The van der Waals surface area contributed by atoms with Crippen LogP contribution >= 0.6 is 15.9 Å². The fourth-order valence-corrected chi connectivity index (χ4v) is 4.22. The first kappa shape index (κ1) is 18.6. The molecule has 0 atom stereocenters. The fourth-order valence-electron chi connectivity index (χ4n) is 2.68. The summed E-state index contributed by atoms with van der Waals surface area (Å²) in [4.78, 5) is 13.4. The molecule has 1 heterocycles. The third kappa shape index (κ3) is 3.64. The highest BCUT2D eigenvalue weighted by atomic mass is 79.9. The molecule has 0 amide bonds. The molecule has 0 spiro atoms. The Labute approximate surface area is 159 Å². The summed E-state index contributed by atoms with van der Waals surface area (Å²) in [6, 6.07) is 10.8. The second kappa shape index (κ2) is 7.18. The van der Waals surface area contributed by atoms with Gasteiger partial charge in [0.1, 0.15) is 0 Å². The van der Waals surface area contributed by atoms with Crippen molar-refractivity contribution in [2.75, 3.05) is 13.6 Å². The zero-order chi connectivity index (χ0) is 18.9. The maximum atomic E-state index is 12.6. The van der Waals surface area contributed by atoms with Crippen LogP contribution in [0.1, 0.15) is 5.56 Å². The average molecular weight is 438 g/mol. The minimum atomic E-state index is -3.70. The van der Waals surface area contributed by atoms with Crippen molar-refractivity contribution in [3.63, 3.8) is 0 Å². The van der Waals surface area contributed by atoms with Crippen molar-refractivity contribution in [3.05, 3.63) is 68.8 Å². The molecular formula is C17H16BrN3O4S. The minimum absolute atomic E-state index is 0.0356. The second-order valence-electron chi connectivity index (χ2n) is 5.83. The van der Waals surface area contributed by atoms with Crippen molar-refractivity contribution >= 4 is 42.5 Å². The van der Waals surface area contributed by atoms with Crippen LogP contribution in [-0.4, -0.2) is 36.2 Å². The molecule has 136 valence electrons. The van der Waals surface area contributed by atoms with E-state index in [4.69, 9.17) is 0 Å². The van der Waals surface area contributed by atoms with Crippen molar-refractivity contribution < 1.29 is 13.3 Å². The van der Waals surface area contributed by atoms with E-state index in [2.05, 4.69) is 20.9 Å². The van der Waals surface area contributed by atoms with Crippen LogP contribution in [0.3, 0.4) is 0 Å². The molecule has 0 aliphatic rings. The predicted octanol–water partition coefficient (Wildman–Crippen LogP) is 3.70. The Balaban J connectivity index is 1.75. The summed E-state index contributed by atoms with van der Waals surface area (Å²) in [6.07, 6.45) is 2.42. The van der Waals surface area contributed by atoms with Crippen LogP contribution in [0.4, 0.5) is 5.69 Å². The first-order chi connectivity index (χ1) is 12.3. The summed E-state index contributed by atoms with van der Waals surface area (Å²) in [6.45, 7) is 0.294. The molecule has 0 aliphatic heterocycles. The van der Waals surface area contributed by atoms with Crippen molar-refractivity contribution in [2.24, 2.45) is 0 Å². The highest BCUT2D eigenvalue weighted by Gasteiger charge is 2.21. The summed E-state index contributed by atoms with van der Waals surface area (Å²) in [5.41, 5.74) is 1.87. The number of halogens is 1. The van der Waals surface area contributed by atoms with Gasteiger partial charge in [0.15, 0.2) is 0 Å². The zero-order valence-corrected chi connectivity index (χ0v) is 16.2. The molecule has 1 N–H and O–H groups in total. The van der Waals surface area contributed by atoms with Gasteiger partial charge in [-0.3, -0.25) is 10.1 Å². The summed E-state index contributed by atoms with van der Waals surface area (Å²) in [5.74, 6) is 0. The molecule has 26 heavy (non-hydrogen) atoms. The molecule has 0 saturated carbocycles. The van der Waals surface area contributed by atoms with Crippen LogP contribution in [0.5, 0.6) is 0 Å². The van der Waals surface area contributed by atoms with Gasteiger partial charge < -0.3 is 4.98 Å². The van der Waals surface area contributed by atoms with E-state index < -0.39 is 14.9 Å². The van der Waals surface area contributed by atoms with Crippen LogP contribution < -0.4 is 0 Å². The molecule has 0 radical (unpaired) electrons. The van der Waals surface area contributed by atoms with Crippen molar-refractivity contribution in [1.29, 1.82) is 0 Å². The van der Waals surface area contributed by atoms with Gasteiger partial charge in [0.2, 0.25) is 10.0 Å². The molecule has 7 nitrogen and oxygen atoms in total. The van der Waals surface area contributed by atoms with Crippen LogP contribution in [-0.2, 0) is 16.4 Å². The molecule has 0 saturated heterocycles. The van der Waals surface area contributed by atoms with E-state index in [1.165, 1.54) is 35.6 Å². The lowest BCUT2D eigenvalue weighted by Gasteiger charge is -2.17. The number of fused-ring (bicyclic) bond motifs is 1. The molecular weight excluding hydrogens is 422 g/mol. The van der Waals surface area contributed by atoms with E-state index >= 15 is 0 Å². The number of nitro groups is 1. The van der Waals surface area contributed by atoms with Gasteiger partial charge in [0.25, 0.3) is 5.69 Å². The number of likely N-dealkylation sites (N-methyl/N-ethyl adjacent to an activating group) is 1. The van der Waals surface area contributed by atoms with Crippen LogP contribution in [0, 0.1) is 10.1 Å². The average Bonchev–Trinajstić information content (AvgIpc) is 3.01. The van der Waals surface area contributed by atoms with E-state index in [0.717, 1.165) is 20.9 Å². The van der Waals surface area contributed by atoms with Gasteiger partial charge in [0.05, 0.1) is 9.82 Å². The second-order valence-corrected chi connectivity index (χ2v) is 8.79. The van der Waals surface area contributed by atoms with Gasteiger partial charge in [-0.1, -0.05) is 22.0 Å². The summed E-state index contributed by atoms with van der Waals surface area (Å²) in [7, 11) is -2.20. The highest BCUT2D eigenvalue weighted by Crippen LogP contribution is 2.24. The van der Waals surface area contributed by atoms with Crippen molar-refractivity contribution in [3.8, 4) is 0 Å². The highest BCUT2D eigenvalue weighted by molar-refractivity contribution is 9.10. The first-order valence-corrected chi connectivity index (χ1v) is 9.98. The number of nitro benzene ring substituents is 1. The molecule has 2 aromatic carbocycles. The van der Waals surface area contributed by atoms with Crippen molar-refractivity contribution in [2.45, 2.75) is 11.3 Å². The summed E-state index contributed by atoms with van der Waals surface area (Å²) in [5, 5.41) is 11.7. The SMILES string of the molecule is CN(CCc1c[nH]c2cc(Br)ccc12)S(=O)(=O)c1ccc([N+](=O)[O-])cc1. The normalized spacial score (nSPS) is 12.0. The number of hydrogen-bond acceptors (Lipinski definition) is 4. The van der Waals surface area contributed by atoms with Gasteiger partial charge in [-0.2, -0.15) is 0 Å². The molecule has 1 aromatic heterocycles. The number of rotatable bonds is 6. The topological polar surface area (TPSA) is 96.3 Å². The minimum Gasteiger partial charge on any atom is -0.361 e. The molecule has 0 aliphatic carbocycles. The molecule has 3 rings (SSSR count). The Morgan fingerprint density at radius 1 is 1.19 bits per heavy atom. The predicted molar refractivity (Wildman–Crippen MR) is 103 cm³/mol. The Morgan fingerprint density at radius 2 is 1.88 bits per heavy atom. The van der Waals surface area contributed by atoms with Gasteiger partial charge in [-0.15, -0.1) is 0 Å². The Hall–Kier alpha value is -2.23. The molecule has 0 fully saturated rings. The number of hydrogen-bond donors (Lipinski definition) is 1. The molecule has 0 unspecified atom stereocenters. The zero-order valence-electron chi connectivity index (χ0n) is 13.8. The van der Waals surface area contributed by atoms with E-state index in [1.54, 1.807) is 0 Å². The smallest absolute Gasteiger partial charge is 0.269 e. The van der Waals surface area contributed by atoms with Gasteiger partial charge in [0, 0.05) is 47.3 Å². The maximum Gasteiger partial charge on any atom is 0.269 e. The summed E-state index contributed by atoms with van der Waals surface area (Å²) >= 11 is 3.42. The number of nitrogens with one attached hydrogen (secondary N) is 1. The van der Waals surface area contributed by atoms with Crippen LogP contribution in [0.15, 0.2) is 58.0 Å². The largest absolute Gasteiger partial charge is 0.361 e. The fraction of sp³-hybridized carbons (Fsp3) is 0.176. The quantitative estimate of drug-likeness (QED) is 0.469. The van der Waals surface area contributed by atoms with E-state index in [0.29, 0.717) is 13.0 Å². The third-order valence-corrected chi connectivity index (χ3v) is 6.55. The number of aromatic amines is 1. The summed E-state index contributed by atoms with van der Waals surface area (Å²) < 4.78 is 27.5. The molecule has 9 heteroatoms. The number of aromatic nitrogens is 1. The maximum absolute atomic E-state index is 12.6. The van der Waals surface area contributed by atoms with E-state index in [1.807, 2.05) is 24.4 Å². The Morgan fingerprint density at radius 3 is 2.54 bits per heavy atom. The van der Waals surface area contributed by atoms with Crippen LogP contribution in [0.2, 0.25) is 0 Å². The standard InChI is InChI=1S/C17H16BrN3O4S/c1-20(26(24,25)15-5-3-14(4-6-15)21(22)23)9-8-12-11-19-17-10-13(18)2-7-16(12)17/h2-7,10-11,19H,8-9H2,1H3. The number of H-pyrrole nitrogens is 1. The lowest BCUT2D eigenvalue weighted by molar-refractivity contribution is -0.384. The number of benzene rings is 2. The molecule has 3 aromatic rings. The Kier molecular flexibility index (Phi) is 5.12. The molecule has 0 bridgehead atoms. The van der Waals surface area contributed by atoms with Gasteiger partial charge >= 0.3 is 0 Å². The number of sulfonamides is 1.